The number of ether oxygens (including phenoxy) is 1. The maximum Gasteiger partial charge on any atom is 0.310 e. The van der Waals surface area contributed by atoms with Crippen LogP contribution in [0.1, 0.15) is 43.4 Å². The molecule has 4 nitrogen and oxygen atoms in total. The summed E-state index contributed by atoms with van der Waals surface area (Å²) in [5, 5.41) is 0.578. The summed E-state index contributed by atoms with van der Waals surface area (Å²) >= 11 is 6.36. The smallest absolute Gasteiger partial charge is 0.310 e. The largest absolute Gasteiger partial charge is 0.466 e. The highest BCUT2D eigenvalue weighted by Gasteiger charge is 2.33. The lowest BCUT2D eigenvalue weighted by Crippen LogP contribution is -2.31. The van der Waals surface area contributed by atoms with Crippen molar-refractivity contribution in [3.63, 3.8) is 0 Å². The molecule has 0 radical (unpaired) electrons. The molecule has 1 fully saturated rings. The Balaban J connectivity index is 1.93. The molecule has 0 unspecified atom stereocenters. The number of rotatable bonds is 8. The third kappa shape index (κ3) is 5.60. The Labute approximate surface area is 177 Å². The summed E-state index contributed by atoms with van der Waals surface area (Å²) in [5.41, 5.74) is 5.03. The van der Waals surface area contributed by atoms with Crippen molar-refractivity contribution in [1.29, 1.82) is 0 Å². The zero-order valence-electron chi connectivity index (χ0n) is 17.3. The van der Waals surface area contributed by atoms with Gasteiger partial charge in [0.05, 0.1) is 13.0 Å². The topological polar surface area (TPSA) is 46.6 Å². The molecule has 0 bridgehead atoms. The molecule has 0 N–H and O–H groups in total. The Morgan fingerprint density at radius 2 is 1.90 bits per heavy atom. The van der Waals surface area contributed by atoms with Crippen molar-refractivity contribution in [2.45, 2.75) is 46.6 Å². The number of hydrogen-bond acceptors (Lipinski definition) is 3. The number of aryl methyl sites for hydroxylation is 1. The molecule has 0 aliphatic heterocycles. The molecule has 0 aromatic heterocycles. The molecule has 1 aliphatic rings. The fraction of sp³-hybridized carbons (Fsp3) is 0.417. The van der Waals surface area contributed by atoms with Gasteiger partial charge in [0.2, 0.25) is 5.91 Å². The number of hydrogen-bond donors (Lipinski definition) is 0. The second-order valence-electron chi connectivity index (χ2n) is 7.62. The molecule has 3 rings (SSSR count). The van der Waals surface area contributed by atoms with Crippen molar-refractivity contribution in [3.8, 4) is 11.1 Å². The van der Waals surface area contributed by atoms with Crippen LogP contribution in [-0.4, -0.2) is 29.9 Å². The minimum absolute atomic E-state index is 0.184. The average Bonchev–Trinajstić information content (AvgIpc) is 3.50. The highest BCUT2D eigenvalue weighted by atomic mass is 35.5. The van der Waals surface area contributed by atoms with Gasteiger partial charge >= 0.3 is 5.97 Å². The summed E-state index contributed by atoms with van der Waals surface area (Å²) in [6.45, 7) is 7.48. The predicted molar refractivity (Wildman–Crippen MR) is 116 cm³/mol. The molecule has 5 heteroatoms. The second-order valence-corrected chi connectivity index (χ2v) is 8.05. The van der Waals surface area contributed by atoms with E-state index in [1.54, 1.807) is 13.0 Å². The maximum atomic E-state index is 12.6. The van der Waals surface area contributed by atoms with Crippen LogP contribution in [0.25, 0.3) is 11.1 Å². The van der Waals surface area contributed by atoms with Gasteiger partial charge in [-0.1, -0.05) is 41.4 Å². The molecular weight excluding hydrogens is 386 g/mol. The van der Waals surface area contributed by atoms with Crippen LogP contribution in [-0.2, 0) is 27.3 Å². The lowest BCUT2D eigenvalue weighted by molar-refractivity contribution is -0.142. The monoisotopic (exact) mass is 413 g/mol. The molecule has 2 aromatic carbocycles. The van der Waals surface area contributed by atoms with Crippen LogP contribution in [0, 0.1) is 12.8 Å². The molecule has 0 spiro atoms. The van der Waals surface area contributed by atoms with Crippen LogP contribution in [0.15, 0.2) is 36.4 Å². The van der Waals surface area contributed by atoms with Gasteiger partial charge in [-0.05, 0) is 68.0 Å². The van der Waals surface area contributed by atoms with Gasteiger partial charge in [0, 0.05) is 24.0 Å². The van der Waals surface area contributed by atoms with E-state index in [-0.39, 0.29) is 24.2 Å². The van der Waals surface area contributed by atoms with E-state index in [1.807, 2.05) is 24.0 Å². The second kappa shape index (κ2) is 9.45. The van der Waals surface area contributed by atoms with Crippen molar-refractivity contribution in [2.75, 3.05) is 13.2 Å². The van der Waals surface area contributed by atoms with Gasteiger partial charge in [-0.2, -0.15) is 0 Å². The van der Waals surface area contributed by atoms with E-state index in [0.717, 1.165) is 40.7 Å². The van der Waals surface area contributed by atoms with Gasteiger partial charge in [-0.3, -0.25) is 9.59 Å². The van der Waals surface area contributed by atoms with Crippen molar-refractivity contribution in [3.05, 3.63) is 58.1 Å². The highest BCUT2D eigenvalue weighted by Crippen LogP contribution is 2.33. The van der Waals surface area contributed by atoms with E-state index in [2.05, 4.69) is 25.1 Å². The Bertz CT molecular complexity index is 905. The number of benzene rings is 2. The van der Waals surface area contributed by atoms with Gasteiger partial charge in [0.25, 0.3) is 0 Å². The minimum atomic E-state index is -0.267. The van der Waals surface area contributed by atoms with Crippen molar-refractivity contribution >= 4 is 23.5 Å². The van der Waals surface area contributed by atoms with Crippen molar-refractivity contribution < 1.29 is 14.3 Å². The summed E-state index contributed by atoms with van der Waals surface area (Å²) < 4.78 is 5.07. The van der Waals surface area contributed by atoms with E-state index >= 15 is 0 Å². The number of carbonyl (C=O) groups is 2. The maximum absolute atomic E-state index is 12.6. The quantitative estimate of drug-likeness (QED) is 0.560. The minimum Gasteiger partial charge on any atom is -0.466 e. The molecule has 0 atom stereocenters. The van der Waals surface area contributed by atoms with E-state index in [1.165, 1.54) is 0 Å². The summed E-state index contributed by atoms with van der Waals surface area (Å²) in [5.74, 6) is 0.177. The van der Waals surface area contributed by atoms with Gasteiger partial charge in [0.1, 0.15) is 0 Å². The molecule has 0 heterocycles. The summed E-state index contributed by atoms with van der Waals surface area (Å²) in [6.07, 6.45) is 2.19. The first-order valence-corrected chi connectivity index (χ1v) is 10.6. The van der Waals surface area contributed by atoms with E-state index in [9.17, 15) is 9.59 Å². The van der Waals surface area contributed by atoms with Crippen molar-refractivity contribution in [2.24, 2.45) is 5.92 Å². The van der Waals surface area contributed by atoms with E-state index in [4.69, 9.17) is 16.3 Å². The first-order chi connectivity index (χ1) is 13.9. The number of amides is 1. The standard InChI is InChI=1S/C24H28ClNO3/c1-4-26(24(28)18-7-8-18)15-20-10-16(3)6-9-22(20)19-11-17(12-21(25)14-19)13-23(27)29-5-2/h6,9-12,14,18H,4-5,7-8,13,15H2,1-3H3. The molecule has 2 aromatic rings. The number of esters is 1. The summed E-state index contributed by atoms with van der Waals surface area (Å²) in [6, 6.07) is 11.9. The predicted octanol–water partition coefficient (Wildman–Crippen LogP) is 5.18. The Morgan fingerprint density at radius 3 is 2.55 bits per heavy atom. The molecule has 1 aliphatic carbocycles. The lowest BCUT2D eigenvalue weighted by Gasteiger charge is -2.23. The molecule has 1 saturated carbocycles. The Morgan fingerprint density at radius 1 is 1.14 bits per heavy atom. The molecule has 1 amide bonds. The molecule has 0 saturated heterocycles. The van der Waals surface area contributed by atoms with E-state index in [0.29, 0.717) is 24.7 Å². The molecule has 154 valence electrons. The fourth-order valence-electron chi connectivity index (χ4n) is 3.56. The summed E-state index contributed by atoms with van der Waals surface area (Å²) in [7, 11) is 0. The Hall–Kier alpha value is -2.33. The lowest BCUT2D eigenvalue weighted by atomic mass is 9.95. The van der Waals surface area contributed by atoms with Crippen LogP contribution in [0.3, 0.4) is 0 Å². The van der Waals surface area contributed by atoms with Gasteiger partial charge in [-0.15, -0.1) is 0 Å². The van der Waals surface area contributed by atoms with Gasteiger partial charge in [-0.25, -0.2) is 0 Å². The SMILES string of the molecule is CCOC(=O)Cc1cc(Cl)cc(-c2ccc(C)cc2CN(CC)C(=O)C2CC2)c1. The third-order valence-corrected chi connectivity index (χ3v) is 5.38. The first-order valence-electron chi connectivity index (χ1n) is 10.2. The van der Waals surface area contributed by atoms with Gasteiger partial charge in [0.15, 0.2) is 0 Å². The molecular formula is C24H28ClNO3. The summed E-state index contributed by atoms with van der Waals surface area (Å²) in [4.78, 5) is 26.5. The normalized spacial score (nSPS) is 13.2. The zero-order valence-corrected chi connectivity index (χ0v) is 18.1. The van der Waals surface area contributed by atoms with E-state index < -0.39 is 0 Å². The first kappa shape index (κ1) is 21.4. The fourth-order valence-corrected chi connectivity index (χ4v) is 3.82. The van der Waals surface area contributed by atoms with Crippen LogP contribution < -0.4 is 0 Å². The molecule has 29 heavy (non-hydrogen) atoms. The number of carbonyl (C=O) groups excluding carboxylic acids is 2. The third-order valence-electron chi connectivity index (χ3n) is 5.16. The number of nitrogens with zero attached hydrogens (tertiary/aromatic N) is 1. The average molecular weight is 414 g/mol. The van der Waals surface area contributed by atoms with Crippen LogP contribution in [0.2, 0.25) is 5.02 Å². The van der Waals surface area contributed by atoms with Crippen molar-refractivity contribution in [1.82, 2.24) is 4.90 Å². The van der Waals surface area contributed by atoms with Crippen LogP contribution in [0.5, 0.6) is 0 Å². The zero-order chi connectivity index (χ0) is 21.0. The van der Waals surface area contributed by atoms with Crippen LogP contribution >= 0.6 is 11.6 Å². The highest BCUT2D eigenvalue weighted by molar-refractivity contribution is 6.31. The Kier molecular flexibility index (Phi) is 6.96. The number of halogens is 1. The van der Waals surface area contributed by atoms with Gasteiger partial charge < -0.3 is 9.64 Å². The van der Waals surface area contributed by atoms with Crippen LogP contribution in [0.4, 0.5) is 0 Å².